The molecular weight excluding hydrogens is 198 g/mol. The van der Waals surface area contributed by atoms with Gasteiger partial charge in [0.2, 0.25) is 0 Å². The Balaban J connectivity index is 2.64. The standard InChI is InChI=1S/C13H17N3/c1-16(2)13-9-10(7-8-14)15-12-6-4-3-5-11(12)13/h3-6,9H,7-8,14H2,1-2H3. The maximum absolute atomic E-state index is 5.58. The first-order valence-electron chi connectivity index (χ1n) is 5.48. The molecule has 1 heterocycles. The van der Waals surface area contributed by atoms with Crippen LogP contribution >= 0.6 is 0 Å². The lowest BCUT2D eigenvalue weighted by molar-refractivity contribution is 0.929. The largest absolute Gasteiger partial charge is 0.377 e. The minimum absolute atomic E-state index is 0.637. The highest BCUT2D eigenvalue weighted by Gasteiger charge is 2.06. The highest BCUT2D eigenvalue weighted by atomic mass is 15.1. The molecule has 0 unspecified atom stereocenters. The quantitative estimate of drug-likeness (QED) is 0.849. The number of nitrogens with zero attached hydrogens (tertiary/aromatic N) is 2. The van der Waals surface area contributed by atoms with Crippen LogP contribution in [0.15, 0.2) is 30.3 Å². The van der Waals surface area contributed by atoms with Gasteiger partial charge in [-0.2, -0.15) is 0 Å². The third kappa shape index (κ3) is 1.99. The molecule has 0 bridgehead atoms. The summed E-state index contributed by atoms with van der Waals surface area (Å²) in [7, 11) is 4.10. The second-order valence-electron chi connectivity index (χ2n) is 4.08. The molecule has 3 nitrogen and oxygen atoms in total. The second kappa shape index (κ2) is 4.49. The summed E-state index contributed by atoms with van der Waals surface area (Å²) >= 11 is 0. The van der Waals surface area contributed by atoms with Crippen LogP contribution in [0, 0.1) is 0 Å². The molecule has 0 radical (unpaired) electrons. The zero-order valence-electron chi connectivity index (χ0n) is 9.77. The van der Waals surface area contributed by atoms with Crippen molar-refractivity contribution in [3.63, 3.8) is 0 Å². The van der Waals surface area contributed by atoms with Gasteiger partial charge in [0.05, 0.1) is 5.52 Å². The normalized spacial score (nSPS) is 10.7. The first-order valence-corrected chi connectivity index (χ1v) is 5.48. The van der Waals surface area contributed by atoms with Crippen molar-refractivity contribution in [2.24, 2.45) is 5.73 Å². The Hall–Kier alpha value is -1.61. The van der Waals surface area contributed by atoms with Crippen molar-refractivity contribution >= 4 is 16.6 Å². The smallest absolute Gasteiger partial charge is 0.0726 e. The van der Waals surface area contributed by atoms with Gasteiger partial charge in [-0.05, 0) is 18.7 Å². The molecule has 0 atom stereocenters. The second-order valence-corrected chi connectivity index (χ2v) is 4.08. The summed E-state index contributed by atoms with van der Waals surface area (Å²) in [6, 6.07) is 10.3. The Labute approximate surface area is 95.9 Å². The van der Waals surface area contributed by atoms with E-state index in [4.69, 9.17) is 5.73 Å². The highest BCUT2D eigenvalue weighted by molar-refractivity contribution is 5.91. The average Bonchev–Trinajstić information content (AvgIpc) is 2.28. The van der Waals surface area contributed by atoms with E-state index in [1.807, 2.05) is 32.3 Å². The van der Waals surface area contributed by atoms with Gasteiger partial charge in [0.25, 0.3) is 0 Å². The third-order valence-electron chi connectivity index (χ3n) is 2.63. The van der Waals surface area contributed by atoms with Crippen molar-refractivity contribution in [3.05, 3.63) is 36.0 Å². The van der Waals surface area contributed by atoms with E-state index in [2.05, 4.69) is 22.0 Å². The van der Waals surface area contributed by atoms with Gasteiger partial charge in [-0.3, -0.25) is 4.98 Å². The number of hydrogen-bond donors (Lipinski definition) is 1. The molecule has 2 aromatic rings. The summed E-state index contributed by atoms with van der Waals surface area (Å²) in [5.74, 6) is 0. The third-order valence-corrected chi connectivity index (χ3v) is 2.63. The molecule has 1 aromatic heterocycles. The van der Waals surface area contributed by atoms with Crippen molar-refractivity contribution in [1.82, 2.24) is 4.98 Å². The first-order chi connectivity index (χ1) is 7.72. The van der Waals surface area contributed by atoms with Gasteiger partial charge in [-0.25, -0.2) is 0 Å². The van der Waals surface area contributed by atoms with Crippen LogP contribution in [-0.2, 0) is 6.42 Å². The van der Waals surface area contributed by atoms with E-state index < -0.39 is 0 Å². The number of benzene rings is 1. The van der Waals surface area contributed by atoms with Crippen LogP contribution in [0.2, 0.25) is 0 Å². The fourth-order valence-corrected chi connectivity index (χ4v) is 1.86. The molecule has 0 aliphatic rings. The molecule has 3 heteroatoms. The van der Waals surface area contributed by atoms with Crippen molar-refractivity contribution in [3.8, 4) is 0 Å². The molecule has 0 aliphatic heterocycles. The van der Waals surface area contributed by atoms with E-state index in [9.17, 15) is 0 Å². The number of rotatable bonds is 3. The van der Waals surface area contributed by atoms with Crippen LogP contribution in [0.25, 0.3) is 10.9 Å². The molecule has 1 aromatic carbocycles. The number of hydrogen-bond acceptors (Lipinski definition) is 3. The van der Waals surface area contributed by atoms with Gasteiger partial charge >= 0.3 is 0 Å². The predicted octanol–water partition coefficient (Wildman–Crippen LogP) is 1.80. The average molecular weight is 215 g/mol. The molecule has 0 spiro atoms. The van der Waals surface area contributed by atoms with Crippen molar-refractivity contribution < 1.29 is 0 Å². The first kappa shape index (κ1) is 10.9. The molecule has 2 N–H and O–H groups in total. The fraction of sp³-hybridized carbons (Fsp3) is 0.308. The molecule has 0 aliphatic carbocycles. The predicted molar refractivity (Wildman–Crippen MR) is 68.8 cm³/mol. The van der Waals surface area contributed by atoms with Gasteiger partial charge in [-0.15, -0.1) is 0 Å². The van der Waals surface area contributed by atoms with Crippen LogP contribution < -0.4 is 10.6 Å². The zero-order chi connectivity index (χ0) is 11.5. The molecule has 16 heavy (non-hydrogen) atoms. The minimum Gasteiger partial charge on any atom is -0.377 e. The number of fused-ring (bicyclic) bond motifs is 1. The van der Waals surface area contributed by atoms with Crippen LogP contribution in [0.3, 0.4) is 0 Å². The molecule has 0 fully saturated rings. The van der Waals surface area contributed by atoms with Crippen LogP contribution in [-0.4, -0.2) is 25.6 Å². The van der Waals surface area contributed by atoms with Gasteiger partial charge in [0.15, 0.2) is 0 Å². The summed E-state index contributed by atoms with van der Waals surface area (Å²) in [5, 5.41) is 1.19. The molecule has 84 valence electrons. The number of pyridine rings is 1. The van der Waals surface area contributed by atoms with Gasteiger partial charge < -0.3 is 10.6 Å². The van der Waals surface area contributed by atoms with Gasteiger partial charge in [-0.1, -0.05) is 18.2 Å². The van der Waals surface area contributed by atoms with E-state index in [0.29, 0.717) is 6.54 Å². The summed E-state index contributed by atoms with van der Waals surface area (Å²) in [6.07, 6.45) is 0.825. The van der Waals surface area contributed by atoms with Crippen molar-refractivity contribution in [2.45, 2.75) is 6.42 Å². The SMILES string of the molecule is CN(C)c1cc(CCN)nc2ccccc12. The number of nitrogens with two attached hydrogens (primary N) is 1. The Morgan fingerprint density at radius 1 is 1.25 bits per heavy atom. The van der Waals surface area contributed by atoms with Crippen molar-refractivity contribution in [2.75, 3.05) is 25.5 Å². The number of aromatic nitrogens is 1. The van der Waals surface area contributed by atoms with Crippen LogP contribution in [0.5, 0.6) is 0 Å². The van der Waals surface area contributed by atoms with Gasteiger partial charge in [0, 0.05) is 37.3 Å². The molecule has 0 saturated heterocycles. The lowest BCUT2D eigenvalue weighted by Gasteiger charge is -2.16. The molecule has 2 rings (SSSR count). The highest BCUT2D eigenvalue weighted by Crippen LogP contribution is 2.25. The lowest BCUT2D eigenvalue weighted by Crippen LogP contribution is -2.11. The molecular formula is C13H17N3. The molecule has 0 saturated carbocycles. The fourth-order valence-electron chi connectivity index (χ4n) is 1.86. The Morgan fingerprint density at radius 3 is 2.69 bits per heavy atom. The van der Waals surface area contributed by atoms with E-state index >= 15 is 0 Å². The summed E-state index contributed by atoms with van der Waals surface area (Å²) < 4.78 is 0. The Bertz CT molecular complexity index is 492. The monoisotopic (exact) mass is 215 g/mol. The van der Waals surface area contributed by atoms with Crippen LogP contribution in [0.4, 0.5) is 5.69 Å². The number of anilines is 1. The van der Waals surface area contributed by atoms with E-state index in [0.717, 1.165) is 17.6 Å². The Kier molecular flexibility index (Phi) is 3.06. The maximum Gasteiger partial charge on any atom is 0.0726 e. The maximum atomic E-state index is 5.58. The van der Waals surface area contributed by atoms with E-state index in [-0.39, 0.29) is 0 Å². The van der Waals surface area contributed by atoms with E-state index in [1.165, 1.54) is 11.1 Å². The summed E-state index contributed by atoms with van der Waals surface area (Å²) in [6.45, 7) is 0.637. The van der Waals surface area contributed by atoms with Crippen LogP contribution in [0.1, 0.15) is 5.69 Å². The van der Waals surface area contributed by atoms with Crippen molar-refractivity contribution in [1.29, 1.82) is 0 Å². The minimum atomic E-state index is 0.637. The topological polar surface area (TPSA) is 42.1 Å². The van der Waals surface area contributed by atoms with Gasteiger partial charge in [0.1, 0.15) is 0 Å². The summed E-state index contributed by atoms with van der Waals surface area (Å²) in [4.78, 5) is 6.72. The van der Waals surface area contributed by atoms with E-state index in [1.54, 1.807) is 0 Å². The number of para-hydroxylation sites is 1. The summed E-state index contributed by atoms with van der Waals surface area (Å²) in [5.41, 5.74) is 8.88. The lowest BCUT2D eigenvalue weighted by atomic mass is 10.1. The molecule has 0 amide bonds. The Morgan fingerprint density at radius 2 is 2.00 bits per heavy atom. The zero-order valence-corrected chi connectivity index (χ0v) is 9.77.